The number of benzene rings is 1. The number of para-hydroxylation sites is 1. The van der Waals surface area contributed by atoms with Crippen molar-refractivity contribution < 1.29 is 4.79 Å². The van der Waals surface area contributed by atoms with Gasteiger partial charge < -0.3 is 4.90 Å². The molecular weight excluding hydrogens is 281 g/mol. The number of alkyl halides is 2. The highest BCUT2D eigenvalue weighted by atomic mass is 35.5. The number of amides is 1. The van der Waals surface area contributed by atoms with Crippen LogP contribution in [0.4, 0.5) is 5.69 Å². The first-order chi connectivity index (χ1) is 9.06. The van der Waals surface area contributed by atoms with Gasteiger partial charge in [0.1, 0.15) is 0 Å². The van der Waals surface area contributed by atoms with Gasteiger partial charge in [0.2, 0.25) is 0 Å². The van der Waals surface area contributed by atoms with E-state index in [2.05, 4.69) is 20.4 Å². The molecule has 0 atom stereocenters. The van der Waals surface area contributed by atoms with E-state index in [4.69, 9.17) is 23.2 Å². The predicted octanol–water partition coefficient (Wildman–Crippen LogP) is 4.13. The summed E-state index contributed by atoms with van der Waals surface area (Å²) in [6, 6.07) is 6.06. The number of carbonyl (C=O) groups is 1. The number of carbonyl (C=O) groups excluding carboxylic acids is 1. The van der Waals surface area contributed by atoms with E-state index in [9.17, 15) is 4.79 Å². The van der Waals surface area contributed by atoms with Crippen molar-refractivity contribution in [1.29, 1.82) is 0 Å². The molecular formula is C15H19Cl2NO. The van der Waals surface area contributed by atoms with Crippen LogP contribution >= 0.6 is 23.2 Å². The fraction of sp³-hybridized carbons (Fsp3) is 0.400. The van der Waals surface area contributed by atoms with Crippen molar-refractivity contribution >= 4 is 34.8 Å². The summed E-state index contributed by atoms with van der Waals surface area (Å²) in [6.07, 6.45) is 3.37. The molecule has 1 rings (SSSR count). The Morgan fingerprint density at radius 3 is 2.21 bits per heavy atom. The molecule has 0 saturated carbocycles. The molecule has 4 heteroatoms. The molecule has 0 N–H and O–H groups in total. The van der Waals surface area contributed by atoms with Gasteiger partial charge in [-0.1, -0.05) is 61.3 Å². The van der Waals surface area contributed by atoms with Gasteiger partial charge in [-0.15, -0.1) is 6.58 Å². The van der Waals surface area contributed by atoms with E-state index >= 15 is 0 Å². The summed E-state index contributed by atoms with van der Waals surface area (Å²) in [5.74, 6) is -0.307. The zero-order valence-electron chi connectivity index (χ0n) is 11.3. The van der Waals surface area contributed by atoms with Crippen molar-refractivity contribution in [3.63, 3.8) is 0 Å². The first-order valence-electron chi connectivity index (χ1n) is 6.37. The average molecular weight is 300 g/mol. The molecule has 104 valence electrons. The zero-order valence-corrected chi connectivity index (χ0v) is 12.8. The van der Waals surface area contributed by atoms with Crippen LogP contribution in [0.15, 0.2) is 30.9 Å². The lowest BCUT2D eigenvalue weighted by Crippen LogP contribution is -2.36. The minimum atomic E-state index is -1.06. The van der Waals surface area contributed by atoms with E-state index in [1.54, 1.807) is 11.0 Å². The highest BCUT2D eigenvalue weighted by molar-refractivity contribution is 6.54. The molecule has 2 nitrogen and oxygen atoms in total. The van der Waals surface area contributed by atoms with Gasteiger partial charge >= 0.3 is 0 Å². The highest BCUT2D eigenvalue weighted by Gasteiger charge is 2.24. The van der Waals surface area contributed by atoms with Gasteiger partial charge in [0.15, 0.2) is 4.84 Å². The monoisotopic (exact) mass is 299 g/mol. The molecule has 0 heterocycles. The van der Waals surface area contributed by atoms with Crippen LogP contribution in [0.25, 0.3) is 0 Å². The molecule has 1 aromatic carbocycles. The Balaban J connectivity index is 3.35. The van der Waals surface area contributed by atoms with Gasteiger partial charge in [0.05, 0.1) is 5.69 Å². The second kappa shape index (κ2) is 7.56. The maximum absolute atomic E-state index is 12.2. The van der Waals surface area contributed by atoms with Crippen LogP contribution in [-0.2, 0) is 17.6 Å². The Hall–Kier alpha value is -0.990. The van der Waals surface area contributed by atoms with Gasteiger partial charge in [-0.2, -0.15) is 0 Å². The maximum atomic E-state index is 12.2. The zero-order chi connectivity index (χ0) is 14.4. The predicted molar refractivity (Wildman–Crippen MR) is 83.2 cm³/mol. The minimum absolute atomic E-state index is 0.307. The molecule has 1 aromatic rings. The first kappa shape index (κ1) is 16.1. The minimum Gasteiger partial charge on any atom is -0.306 e. The molecule has 1 amide bonds. The smallest absolute Gasteiger partial charge is 0.260 e. The molecule has 0 bridgehead atoms. The van der Waals surface area contributed by atoms with E-state index in [0.717, 1.165) is 29.7 Å². The summed E-state index contributed by atoms with van der Waals surface area (Å²) in [4.78, 5) is 12.7. The fourth-order valence-corrected chi connectivity index (χ4v) is 2.34. The summed E-state index contributed by atoms with van der Waals surface area (Å²) in [5.41, 5.74) is 3.15. The number of hydrogen-bond acceptors (Lipinski definition) is 1. The summed E-state index contributed by atoms with van der Waals surface area (Å²) in [7, 11) is 0. The molecule has 0 fully saturated rings. The van der Waals surface area contributed by atoms with Crippen LogP contribution in [0.3, 0.4) is 0 Å². The van der Waals surface area contributed by atoms with Crippen molar-refractivity contribution in [2.45, 2.75) is 31.5 Å². The normalized spacial score (nSPS) is 10.6. The van der Waals surface area contributed by atoms with Crippen molar-refractivity contribution in [3.05, 3.63) is 42.0 Å². The van der Waals surface area contributed by atoms with Gasteiger partial charge in [-0.25, -0.2) is 0 Å². The summed E-state index contributed by atoms with van der Waals surface area (Å²) in [5, 5.41) is 0. The lowest BCUT2D eigenvalue weighted by molar-refractivity contribution is -0.116. The average Bonchev–Trinajstić information content (AvgIpc) is 2.43. The number of nitrogens with zero attached hydrogens (tertiary/aromatic N) is 1. The Morgan fingerprint density at radius 2 is 1.84 bits per heavy atom. The number of hydrogen-bond donors (Lipinski definition) is 0. The van der Waals surface area contributed by atoms with Crippen molar-refractivity contribution in [1.82, 2.24) is 0 Å². The molecule has 0 saturated heterocycles. The first-order valence-corrected chi connectivity index (χ1v) is 7.25. The number of rotatable bonds is 6. The third-order valence-corrected chi connectivity index (χ3v) is 3.37. The van der Waals surface area contributed by atoms with Crippen molar-refractivity contribution in [2.75, 3.05) is 11.4 Å². The second-order valence-corrected chi connectivity index (χ2v) is 5.27. The molecule has 0 unspecified atom stereocenters. The molecule has 0 spiro atoms. The number of halogens is 2. The lowest BCUT2D eigenvalue weighted by atomic mass is 10.0. The molecule has 0 aromatic heterocycles. The summed E-state index contributed by atoms with van der Waals surface area (Å²) < 4.78 is 0. The van der Waals surface area contributed by atoms with E-state index in [1.807, 2.05) is 18.2 Å². The summed E-state index contributed by atoms with van der Waals surface area (Å²) >= 11 is 11.5. The van der Waals surface area contributed by atoms with Gasteiger partial charge in [-0.05, 0) is 24.0 Å². The van der Waals surface area contributed by atoms with E-state index in [0.29, 0.717) is 6.54 Å². The largest absolute Gasteiger partial charge is 0.306 e. The Bertz CT molecular complexity index is 435. The van der Waals surface area contributed by atoms with E-state index in [1.165, 1.54) is 0 Å². The Kier molecular flexibility index (Phi) is 6.40. The van der Waals surface area contributed by atoms with Crippen LogP contribution in [0.5, 0.6) is 0 Å². The van der Waals surface area contributed by atoms with Crippen LogP contribution in [-0.4, -0.2) is 17.3 Å². The molecule has 19 heavy (non-hydrogen) atoms. The molecule has 0 aliphatic heterocycles. The topological polar surface area (TPSA) is 20.3 Å². The van der Waals surface area contributed by atoms with E-state index < -0.39 is 4.84 Å². The third kappa shape index (κ3) is 3.74. The lowest BCUT2D eigenvalue weighted by Gasteiger charge is -2.27. The highest BCUT2D eigenvalue weighted by Crippen LogP contribution is 2.28. The number of anilines is 1. The second-order valence-electron chi connectivity index (χ2n) is 4.17. The van der Waals surface area contributed by atoms with Crippen LogP contribution < -0.4 is 4.90 Å². The van der Waals surface area contributed by atoms with Crippen molar-refractivity contribution in [2.24, 2.45) is 0 Å². The summed E-state index contributed by atoms with van der Waals surface area (Å²) in [6.45, 7) is 8.23. The maximum Gasteiger partial charge on any atom is 0.260 e. The third-order valence-electron chi connectivity index (χ3n) is 3.00. The van der Waals surface area contributed by atoms with Gasteiger partial charge in [-0.3, -0.25) is 4.79 Å². The molecule has 0 aliphatic rings. The number of aryl methyl sites for hydroxylation is 2. The van der Waals surface area contributed by atoms with Crippen molar-refractivity contribution in [3.8, 4) is 0 Å². The molecule has 0 aliphatic carbocycles. The fourth-order valence-electron chi connectivity index (χ4n) is 2.10. The quantitative estimate of drug-likeness (QED) is 0.571. The van der Waals surface area contributed by atoms with E-state index in [-0.39, 0.29) is 5.91 Å². The standard InChI is InChI=1S/C15H19Cl2NO/c1-4-10-18(15(19)14(16)17)13-11(5-2)8-7-9-12(13)6-3/h4,7-9,14H,1,5-6,10H2,2-3H3. The van der Waals surface area contributed by atoms with Crippen LogP contribution in [0.2, 0.25) is 0 Å². The van der Waals surface area contributed by atoms with Crippen LogP contribution in [0, 0.1) is 0 Å². The Morgan fingerprint density at radius 1 is 1.32 bits per heavy atom. The van der Waals surface area contributed by atoms with Gasteiger partial charge in [0, 0.05) is 6.54 Å². The van der Waals surface area contributed by atoms with Gasteiger partial charge in [0.25, 0.3) is 5.91 Å². The Labute approximate surface area is 125 Å². The SMILES string of the molecule is C=CCN(C(=O)C(Cl)Cl)c1c(CC)cccc1CC. The molecule has 0 radical (unpaired) electrons. The van der Waals surface area contributed by atoms with Crippen LogP contribution in [0.1, 0.15) is 25.0 Å².